The Labute approximate surface area is 131 Å². The Balaban J connectivity index is 3.03. The van der Waals surface area contributed by atoms with E-state index in [2.05, 4.69) is 0 Å². The fourth-order valence-corrected chi connectivity index (χ4v) is 3.45. The van der Waals surface area contributed by atoms with E-state index in [9.17, 15) is 18.0 Å². The molecule has 21 heavy (non-hydrogen) atoms. The molecule has 0 bridgehead atoms. The molecule has 0 radical (unpaired) electrons. The standard InChI is InChI=1S/C11H12Cl2N2O5S/c12-6-2-1-3-8(10(6)13)21(19,20)15-7(11(17)18)4-5-9(14)16/h1-3,7,15H,4-5H2,(H2,14,16)(H,17,18)/t7-/m1/s1. The van der Waals surface area contributed by atoms with E-state index >= 15 is 0 Å². The zero-order chi connectivity index (χ0) is 16.2. The van der Waals surface area contributed by atoms with Crippen LogP contribution in [0.5, 0.6) is 0 Å². The number of carbonyl (C=O) groups is 2. The lowest BCUT2D eigenvalue weighted by Gasteiger charge is -2.15. The zero-order valence-corrected chi connectivity index (χ0v) is 12.9. The maximum Gasteiger partial charge on any atom is 0.321 e. The zero-order valence-electron chi connectivity index (χ0n) is 10.5. The Morgan fingerprint density at radius 1 is 1.33 bits per heavy atom. The summed E-state index contributed by atoms with van der Waals surface area (Å²) in [7, 11) is -4.20. The van der Waals surface area contributed by atoms with E-state index < -0.39 is 27.9 Å². The third kappa shape index (κ3) is 4.85. The first-order valence-corrected chi connectivity index (χ1v) is 7.86. The third-order valence-electron chi connectivity index (χ3n) is 2.48. The summed E-state index contributed by atoms with van der Waals surface area (Å²) < 4.78 is 26.2. The van der Waals surface area contributed by atoms with Gasteiger partial charge in [-0.25, -0.2) is 8.42 Å². The van der Waals surface area contributed by atoms with Crippen LogP contribution in [0.3, 0.4) is 0 Å². The van der Waals surface area contributed by atoms with Crippen molar-refractivity contribution in [1.82, 2.24) is 4.72 Å². The number of sulfonamides is 1. The Hall–Kier alpha value is -1.35. The van der Waals surface area contributed by atoms with Crippen molar-refractivity contribution in [3.8, 4) is 0 Å². The Kier molecular flexibility index (Phi) is 5.97. The molecule has 0 fully saturated rings. The predicted octanol–water partition coefficient (Wildman–Crippen LogP) is 0.990. The van der Waals surface area contributed by atoms with Crippen molar-refractivity contribution in [1.29, 1.82) is 0 Å². The molecular formula is C11H12Cl2N2O5S. The highest BCUT2D eigenvalue weighted by Crippen LogP contribution is 2.29. The molecule has 0 saturated heterocycles. The highest BCUT2D eigenvalue weighted by molar-refractivity contribution is 7.89. The Bertz CT molecular complexity index is 663. The van der Waals surface area contributed by atoms with Crippen molar-refractivity contribution in [3.63, 3.8) is 0 Å². The number of nitrogens with one attached hydrogen (secondary N) is 1. The molecule has 0 unspecified atom stereocenters. The number of nitrogens with two attached hydrogens (primary N) is 1. The molecule has 1 atom stereocenters. The van der Waals surface area contributed by atoms with E-state index in [4.69, 9.17) is 34.0 Å². The van der Waals surface area contributed by atoms with Gasteiger partial charge in [-0.15, -0.1) is 0 Å². The molecular weight excluding hydrogens is 343 g/mol. The predicted molar refractivity (Wildman–Crippen MR) is 76.6 cm³/mol. The van der Waals surface area contributed by atoms with Gasteiger partial charge in [-0.1, -0.05) is 29.3 Å². The van der Waals surface area contributed by atoms with Gasteiger partial charge in [0.05, 0.1) is 10.0 Å². The number of benzene rings is 1. The largest absolute Gasteiger partial charge is 0.480 e. The van der Waals surface area contributed by atoms with Crippen LogP contribution in [0.2, 0.25) is 10.0 Å². The monoisotopic (exact) mass is 354 g/mol. The summed E-state index contributed by atoms with van der Waals surface area (Å²) >= 11 is 11.5. The van der Waals surface area contributed by atoms with Gasteiger partial charge in [0.2, 0.25) is 15.9 Å². The third-order valence-corrected chi connectivity index (χ3v) is 4.93. The second kappa shape index (κ2) is 7.08. The van der Waals surface area contributed by atoms with Gasteiger partial charge in [0.25, 0.3) is 0 Å². The lowest BCUT2D eigenvalue weighted by molar-refractivity contribution is -0.139. The van der Waals surface area contributed by atoms with Gasteiger partial charge in [-0.3, -0.25) is 9.59 Å². The normalized spacial score (nSPS) is 12.9. The van der Waals surface area contributed by atoms with Gasteiger partial charge in [0.15, 0.2) is 0 Å². The fraction of sp³-hybridized carbons (Fsp3) is 0.273. The highest BCUT2D eigenvalue weighted by atomic mass is 35.5. The first kappa shape index (κ1) is 17.7. The van der Waals surface area contributed by atoms with Crippen LogP contribution in [0.15, 0.2) is 23.1 Å². The topological polar surface area (TPSA) is 127 Å². The summed E-state index contributed by atoms with van der Waals surface area (Å²) in [5.74, 6) is -2.17. The number of primary amides is 1. The van der Waals surface area contributed by atoms with Crippen LogP contribution in [0.25, 0.3) is 0 Å². The summed E-state index contributed by atoms with van der Waals surface area (Å²) in [4.78, 5) is 21.4. The summed E-state index contributed by atoms with van der Waals surface area (Å²) in [5.41, 5.74) is 4.91. The number of amides is 1. The first-order valence-electron chi connectivity index (χ1n) is 5.62. The van der Waals surface area contributed by atoms with Crippen molar-refractivity contribution < 1.29 is 23.1 Å². The molecule has 0 aliphatic carbocycles. The van der Waals surface area contributed by atoms with Crippen molar-refractivity contribution >= 4 is 45.1 Å². The van der Waals surface area contributed by atoms with Crippen LogP contribution in [-0.4, -0.2) is 31.4 Å². The summed E-state index contributed by atoms with van der Waals surface area (Å²) in [6.07, 6.45) is -0.551. The Morgan fingerprint density at radius 2 is 1.95 bits per heavy atom. The molecule has 0 aliphatic heterocycles. The van der Waals surface area contributed by atoms with Crippen LogP contribution in [0, 0.1) is 0 Å². The fourth-order valence-electron chi connectivity index (χ4n) is 1.46. The van der Waals surface area contributed by atoms with Crippen molar-refractivity contribution in [2.45, 2.75) is 23.8 Å². The van der Waals surface area contributed by atoms with E-state index in [0.29, 0.717) is 0 Å². The molecule has 0 aromatic heterocycles. The van der Waals surface area contributed by atoms with Crippen LogP contribution in [-0.2, 0) is 19.6 Å². The van der Waals surface area contributed by atoms with Crippen molar-refractivity contribution in [3.05, 3.63) is 28.2 Å². The van der Waals surface area contributed by atoms with Crippen LogP contribution < -0.4 is 10.5 Å². The molecule has 0 spiro atoms. The second-order valence-electron chi connectivity index (χ2n) is 4.07. The van der Waals surface area contributed by atoms with Gasteiger partial charge in [0.1, 0.15) is 10.9 Å². The van der Waals surface area contributed by atoms with E-state index in [1.807, 2.05) is 4.72 Å². The highest BCUT2D eigenvalue weighted by Gasteiger charge is 2.27. The minimum Gasteiger partial charge on any atom is -0.480 e. The number of rotatable bonds is 7. The molecule has 0 saturated carbocycles. The van der Waals surface area contributed by atoms with Crippen LogP contribution in [0.1, 0.15) is 12.8 Å². The van der Waals surface area contributed by atoms with Gasteiger partial charge >= 0.3 is 5.97 Å². The van der Waals surface area contributed by atoms with Crippen molar-refractivity contribution in [2.75, 3.05) is 0 Å². The molecule has 0 aliphatic rings. The van der Waals surface area contributed by atoms with Crippen molar-refractivity contribution in [2.24, 2.45) is 5.73 Å². The first-order chi connectivity index (χ1) is 9.65. The number of carbonyl (C=O) groups excluding carboxylic acids is 1. The molecule has 1 aromatic rings. The summed E-state index contributed by atoms with van der Waals surface area (Å²) in [6.45, 7) is 0. The molecule has 0 heterocycles. The molecule has 7 nitrogen and oxygen atoms in total. The minimum atomic E-state index is -4.20. The maximum atomic E-state index is 12.1. The molecule has 1 amide bonds. The number of halogens is 2. The number of aliphatic carboxylic acids is 1. The Morgan fingerprint density at radius 3 is 2.48 bits per heavy atom. The van der Waals surface area contributed by atoms with Crippen LogP contribution >= 0.6 is 23.2 Å². The van der Waals surface area contributed by atoms with Gasteiger partial charge in [-0.05, 0) is 18.6 Å². The molecule has 116 valence electrons. The van der Waals surface area contributed by atoms with E-state index in [-0.39, 0.29) is 27.8 Å². The van der Waals surface area contributed by atoms with Gasteiger partial charge < -0.3 is 10.8 Å². The summed E-state index contributed by atoms with van der Waals surface area (Å²) in [6, 6.07) is 2.44. The van der Waals surface area contributed by atoms with E-state index in [0.717, 1.165) is 0 Å². The molecule has 1 rings (SSSR count). The van der Waals surface area contributed by atoms with Gasteiger partial charge in [-0.2, -0.15) is 4.72 Å². The number of hydrogen-bond acceptors (Lipinski definition) is 4. The minimum absolute atomic E-state index is 0.0172. The molecule has 1 aromatic carbocycles. The number of carboxylic acids is 1. The second-order valence-corrected chi connectivity index (χ2v) is 6.54. The molecule has 10 heteroatoms. The van der Waals surface area contributed by atoms with E-state index in [1.54, 1.807) is 0 Å². The average molecular weight is 355 g/mol. The smallest absolute Gasteiger partial charge is 0.321 e. The van der Waals surface area contributed by atoms with Gasteiger partial charge in [0, 0.05) is 6.42 Å². The lowest BCUT2D eigenvalue weighted by atomic mass is 10.2. The van der Waals surface area contributed by atoms with E-state index in [1.165, 1.54) is 18.2 Å². The van der Waals surface area contributed by atoms with Crippen LogP contribution in [0.4, 0.5) is 0 Å². The number of carboxylic acid groups (broad SMARTS) is 1. The number of hydrogen-bond donors (Lipinski definition) is 3. The summed E-state index contributed by atoms with van der Waals surface area (Å²) in [5, 5.41) is 8.78. The average Bonchev–Trinajstić information content (AvgIpc) is 2.37. The lowest BCUT2D eigenvalue weighted by Crippen LogP contribution is -2.41. The SMILES string of the molecule is NC(=O)CC[C@@H](NS(=O)(=O)c1cccc(Cl)c1Cl)C(=O)O. The molecule has 4 N–H and O–H groups in total. The quantitative estimate of drug-likeness (QED) is 0.672. The maximum absolute atomic E-state index is 12.1.